The van der Waals surface area contributed by atoms with E-state index in [1.807, 2.05) is 19.1 Å². The maximum absolute atomic E-state index is 9.62. The lowest BCUT2D eigenvalue weighted by atomic mass is 9.93. The average Bonchev–Trinajstić information content (AvgIpc) is 2.66. The molecule has 2 rings (SSSR count). The number of aryl methyl sites for hydroxylation is 3. The molecular formula is C15H19NOS. The first-order valence-electron chi connectivity index (χ1n) is 6.21. The number of benzene rings is 1. The van der Waals surface area contributed by atoms with Gasteiger partial charge in [-0.25, -0.2) is 4.98 Å². The third-order valence-electron chi connectivity index (χ3n) is 3.34. The Labute approximate surface area is 112 Å². The highest BCUT2D eigenvalue weighted by Gasteiger charge is 2.15. The highest BCUT2D eigenvalue weighted by Crippen LogP contribution is 2.26. The minimum Gasteiger partial charge on any atom is -0.396 e. The first kappa shape index (κ1) is 13.2. The summed E-state index contributed by atoms with van der Waals surface area (Å²) in [5.41, 5.74) is 3.57. The second-order valence-electron chi connectivity index (χ2n) is 4.69. The molecule has 0 saturated carbocycles. The van der Waals surface area contributed by atoms with Crippen LogP contribution in [0.5, 0.6) is 0 Å². The predicted octanol–water partition coefficient (Wildman–Crippen LogP) is 3.39. The van der Waals surface area contributed by atoms with Crippen LogP contribution < -0.4 is 0 Å². The zero-order chi connectivity index (χ0) is 13.1. The fourth-order valence-electron chi connectivity index (χ4n) is 2.15. The molecule has 0 bridgehead atoms. The Hall–Kier alpha value is -1.19. The molecule has 2 nitrogen and oxygen atoms in total. The van der Waals surface area contributed by atoms with Gasteiger partial charge in [0, 0.05) is 17.2 Å². The number of aromatic nitrogens is 1. The molecule has 0 fully saturated rings. The Balaban J connectivity index is 2.22. The van der Waals surface area contributed by atoms with Crippen LogP contribution in [0.15, 0.2) is 24.3 Å². The van der Waals surface area contributed by atoms with Gasteiger partial charge in [-0.3, -0.25) is 0 Å². The van der Waals surface area contributed by atoms with E-state index in [0.29, 0.717) is 0 Å². The van der Waals surface area contributed by atoms with Gasteiger partial charge in [0.2, 0.25) is 0 Å². The van der Waals surface area contributed by atoms with Gasteiger partial charge in [0.1, 0.15) is 0 Å². The zero-order valence-electron chi connectivity index (χ0n) is 11.1. The second kappa shape index (κ2) is 5.63. The first-order valence-corrected chi connectivity index (χ1v) is 7.02. The third kappa shape index (κ3) is 2.79. The predicted molar refractivity (Wildman–Crippen MR) is 76.3 cm³/mol. The normalized spacial score (nSPS) is 12.7. The summed E-state index contributed by atoms with van der Waals surface area (Å²) < 4.78 is 0. The topological polar surface area (TPSA) is 33.1 Å². The van der Waals surface area contributed by atoms with Gasteiger partial charge in [-0.15, -0.1) is 11.3 Å². The van der Waals surface area contributed by atoms with E-state index >= 15 is 0 Å². The van der Waals surface area contributed by atoms with E-state index in [9.17, 15) is 5.11 Å². The number of thiazole rings is 1. The molecule has 1 unspecified atom stereocenters. The van der Waals surface area contributed by atoms with Gasteiger partial charge in [-0.2, -0.15) is 0 Å². The molecule has 0 aliphatic heterocycles. The Morgan fingerprint density at radius 1 is 1.22 bits per heavy atom. The molecule has 0 saturated heterocycles. The number of aliphatic hydroxyl groups is 1. The van der Waals surface area contributed by atoms with Gasteiger partial charge < -0.3 is 5.11 Å². The molecule has 1 N–H and O–H groups in total. The Kier molecular flexibility index (Phi) is 4.15. The van der Waals surface area contributed by atoms with Crippen molar-refractivity contribution in [2.45, 2.75) is 33.1 Å². The summed E-state index contributed by atoms with van der Waals surface area (Å²) in [6.45, 7) is 6.40. The van der Waals surface area contributed by atoms with E-state index in [1.54, 1.807) is 11.3 Å². The van der Waals surface area contributed by atoms with Crippen LogP contribution in [0.2, 0.25) is 0 Å². The van der Waals surface area contributed by atoms with Gasteiger partial charge in [-0.05, 0) is 31.9 Å². The number of hydrogen-bond acceptors (Lipinski definition) is 3. The Bertz CT molecular complexity index is 514. The summed E-state index contributed by atoms with van der Waals surface area (Å²) in [7, 11) is 0. The van der Waals surface area contributed by atoms with E-state index < -0.39 is 0 Å². The van der Waals surface area contributed by atoms with Crippen molar-refractivity contribution in [3.8, 4) is 0 Å². The molecule has 0 spiro atoms. The fraction of sp³-hybridized carbons (Fsp3) is 0.400. The minimum absolute atomic E-state index is 0.149. The molecule has 18 heavy (non-hydrogen) atoms. The summed E-state index contributed by atoms with van der Waals surface area (Å²) in [4.78, 5) is 5.83. The van der Waals surface area contributed by atoms with Crippen molar-refractivity contribution in [2.75, 3.05) is 6.61 Å². The molecule has 1 heterocycles. The lowest BCUT2D eigenvalue weighted by Crippen LogP contribution is -2.09. The van der Waals surface area contributed by atoms with Crippen molar-refractivity contribution in [3.05, 3.63) is 51.0 Å². The number of hydrogen-bond donors (Lipinski definition) is 1. The highest BCUT2D eigenvalue weighted by atomic mass is 32.1. The van der Waals surface area contributed by atoms with Crippen LogP contribution in [0.4, 0.5) is 0 Å². The van der Waals surface area contributed by atoms with Gasteiger partial charge >= 0.3 is 0 Å². The molecule has 1 aromatic heterocycles. The van der Waals surface area contributed by atoms with Gasteiger partial charge in [0.05, 0.1) is 17.3 Å². The van der Waals surface area contributed by atoms with Crippen molar-refractivity contribution in [1.82, 2.24) is 4.98 Å². The van der Waals surface area contributed by atoms with Gasteiger partial charge in [-0.1, -0.05) is 24.3 Å². The van der Waals surface area contributed by atoms with Crippen molar-refractivity contribution in [2.24, 2.45) is 0 Å². The van der Waals surface area contributed by atoms with E-state index in [-0.39, 0.29) is 12.5 Å². The Morgan fingerprint density at radius 2 is 1.94 bits per heavy atom. The van der Waals surface area contributed by atoms with Gasteiger partial charge in [0.25, 0.3) is 0 Å². The standard InChI is InChI=1S/C15H19NOS/c1-10-6-4-5-7-14(10)13(9-17)8-15-16-11(2)12(3)18-15/h4-7,13,17H,8-9H2,1-3H3. The zero-order valence-corrected chi connectivity index (χ0v) is 11.9. The third-order valence-corrected chi connectivity index (χ3v) is 4.44. The van der Waals surface area contributed by atoms with Crippen molar-refractivity contribution < 1.29 is 5.11 Å². The largest absolute Gasteiger partial charge is 0.396 e. The summed E-state index contributed by atoms with van der Waals surface area (Å²) in [5, 5.41) is 10.7. The maximum Gasteiger partial charge on any atom is 0.0937 e. The van der Waals surface area contributed by atoms with Crippen LogP contribution in [0.3, 0.4) is 0 Å². The summed E-state index contributed by atoms with van der Waals surface area (Å²) in [6.07, 6.45) is 0.820. The molecule has 1 atom stereocenters. The second-order valence-corrected chi connectivity index (χ2v) is 5.98. The summed E-state index contributed by atoms with van der Waals surface area (Å²) >= 11 is 1.74. The average molecular weight is 261 g/mol. The van der Waals surface area contributed by atoms with Crippen LogP contribution in [0, 0.1) is 20.8 Å². The van der Waals surface area contributed by atoms with Crippen LogP contribution in [-0.4, -0.2) is 16.7 Å². The monoisotopic (exact) mass is 261 g/mol. The van der Waals surface area contributed by atoms with Crippen LogP contribution in [0.25, 0.3) is 0 Å². The highest BCUT2D eigenvalue weighted by molar-refractivity contribution is 7.11. The van der Waals surface area contributed by atoms with Gasteiger partial charge in [0.15, 0.2) is 0 Å². The van der Waals surface area contributed by atoms with E-state index in [2.05, 4.69) is 31.0 Å². The molecular weight excluding hydrogens is 242 g/mol. The van der Waals surface area contributed by atoms with Crippen LogP contribution in [-0.2, 0) is 6.42 Å². The molecule has 3 heteroatoms. The minimum atomic E-state index is 0.149. The smallest absolute Gasteiger partial charge is 0.0937 e. The Morgan fingerprint density at radius 3 is 2.50 bits per heavy atom. The van der Waals surface area contributed by atoms with Crippen LogP contribution >= 0.6 is 11.3 Å². The van der Waals surface area contributed by atoms with E-state index in [4.69, 9.17) is 0 Å². The van der Waals surface area contributed by atoms with Crippen molar-refractivity contribution in [1.29, 1.82) is 0 Å². The van der Waals surface area contributed by atoms with E-state index in [0.717, 1.165) is 17.1 Å². The quantitative estimate of drug-likeness (QED) is 0.915. The van der Waals surface area contributed by atoms with Crippen molar-refractivity contribution >= 4 is 11.3 Å². The summed E-state index contributed by atoms with van der Waals surface area (Å²) in [6, 6.07) is 8.26. The fourth-order valence-corrected chi connectivity index (χ4v) is 3.17. The van der Waals surface area contributed by atoms with Crippen LogP contribution in [0.1, 0.15) is 32.6 Å². The van der Waals surface area contributed by atoms with Crippen molar-refractivity contribution in [3.63, 3.8) is 0 Å². The molecule has 2 aromatic rings. The lowest BCUT2D eigenvalue weighted by Gasteiger charge is -2.15. The maximum atomic E-state index is 9.62. The number of aliphatic hydroxyl groups excluding tert-OH is 1. The molecule has 0 aliphatic rings. The number of rotatable bonds is 4. The first-order chi connectivity index (χ1) is 8.61. The SMILES string of the molecule is Cc1ccccc1C(CO)Cc1nc(C)c(C)s1. The van der Waals surface area contributed by atoms with E-state index in [1.165, 1.54) is 16.0 Å². The molecule has 96 valence electrons. The summed E-state index contributed by atoms with van der Waals surface area (Å²) in [5.74, 6) is 0.149. The lowest BCUT2D eigenvalue weighted by molar-refractivity contribution is 0.264. The molecule has 0 radical (unpaired) electrons. The molecule has 0 amide bonds. The molecule has 0 aliphatic carbocycles. The molecule has 1 aromatic carbocycles. The number of nitrogens with zero attached hydrogens (tertiary/aromatic N) is 1.